The molecule has 0 atom stereocenters. The number of benzene rings is 2. The molecule has 0 amide bonds. The van der Waals surface area contributed by atoms with Crippen LogP contribution < -0.4 is 4.74 Å². The molecule has 2 aromatic carbocycles. The third-order valence-corrected chi connectivity index (χ3v) is 3.38. The topological polar surface area (TPSA) is 64.3 Å². The van der Waals surface area contributed by atoms with Gasteiger partial charge in [0.15, 0.2) is 17.3 Å². The molecule has 23 heavy (non-hydrogen) atoms. The Labute approximate surface area is 133 Å². The number of aromatic nitrogens is 2. The summed E-state index contributed by atoms with van der Waals surface area (Å²) in [6.07, 6.45) is -1.24. The van der Waals surface area contributed by atoms with Crippen LogP contribution >= 0.6 is 11.6 Å². The lowest BCUT2D eigenvalue weighted by atomic mass is 10.3. The van der Waals surface area contributed by atoms with Crippen molar-refractivity contribution < 1.29 is 23.4 Å². The fourth-order valence-corrected chi connectivity index (χ4v) is 2.36. The van der Waals surface area contributed by atoms with Gasteiger partial charge in [0.1, 0.15) is 17.2 Å². The van der Waals surface area contributed by atoms with Crippen molar-refractivity contribution in [2.75, 3.05) is 0 Å². The molecule has 0 aliphatic carbocycles. The van der Waals surface area contributed by atoms with Crippen molar-refractivity contribution in [1.82, 2.24) is 9.55 Å². The second-order valence-electron chi connectivity index (χ2n) is 4.58. The average Bonchev–Trinajstić information content (AvgIpc) is 2.89. The number of hydrogen-bond donors (Lipinski definition) is 1. The summed E-state index contributed by atoms with van der Waals surface area (Å²) in [6.45, 7) is 0. The number of carboxylic acid groups (broad SMARTS) is 1. The maximum absolute atomic E-state index is 13.7. The van der Waals surface area contributed by atoms with E-state index in [9.17, 15) is 18.7 Å². The molecule has 3 aromatic rings. The molecule has 0 saturated carbocycles. The van der Waals surface area contributed by atoms with Crippen LogP contribution in [-0.2, 0) is 5.88 Å². The van der Waals surface area contributed by atoms with Gasteiger partial charge in [0.2, 0.25) is 0 Å². The second-order valence-corrected chi connectivity index (χ2v) is 4.85. The predicted octanol–water partition coefficient (Wildman–Crippen LogP) is 4.37. The highest BCUT2D eigenvalue weighted by molar-refractivity contribution is 6.17. The van der Waals surface area contributed by atoms with Crippen LogP contribution in [0.15, 0.2) is 36.4 Å². The summed E-state index contributed by atoms with van der Waals surface area (Å²) >= 11 is 5.71. The van der Waals surface area contributed by atoms with Crippen LogP contribution in [0.1, 0.15) is 5.82 Å². The molecule has 0 spiro atoms. The molecule has 1 aromatic heterocycles. The van der Waals surface area contributed by atoms with Crippen molar-refractivity contribution in [2.24, 2.45) is 0 Å². The van der Waals surface area contributed by atoms with E-state index in [0.717, 1.165) is 16.7 Å². The molecule has 8 heteroatoms. The summed E-state index contributed by atoms with van der Waals surface area (Å²) in [7, 11) is 0. The molecule has 0 bridgehead atoms. The van der Waals surface area contributed by atoms with Crippen molar-refractivity contribution in [1.29, 1.82) is 0 Å². The van der Waals surface area contributed by atoms with Gasteiger partial charge in [-0.2, -0.15) is 0 Å². The lowest BCUT2D eigenvalue weighted by Crippen LogP contribution is -2.10. The first-order valence-electron chi connectivity index (χ1n) is 6.43. The molecule has 1 N–H and O–H groups in total. The van der Waals surface area contributed by atoms with E-state index in [2.05, 4.69) is 4.98 Å². The van der Waals surface area contributed by atoms with Crippen molar-refractivity contribution in [2.45, 2.75) is 5.88 Å². The van der Waals surface area contributed by atoms with Gasteiger partial charge < -0.3 is 9.84 Å². The van der Waals surface area contributed by atoms with Crippen LogP contribution in [0.2, 0.25) is 0 Å². The fourth-order valence-electron chi connectivity index (χ4n) is 2.18. The van der Waals surface area contributed by atoms with Crippen molar-refractivity contribution >= 4 is 28.7 Å². The number of hydrogen-bond acceptors (Lipinski definition) is 3. The molecule has 0 fully saturated rings. The Bertz CT molecular complexity index is 911. The van der Waals surface area contributed by atoms with Crippen LogP contribution in [0.4, 0.5) is 13.6 Å². The number of alkyl halides is 1. The number of para-hydroxylation sites is 1. The summed E-state index contributed by atoms with van der Waals surface area (Å²) in [4.78, 5) is 15.5. The highest BCUT2D eigenvalue weighted by atomic mass is 35.5. The van der Waals surface area contributed by atoms with Gasteiger partial charge in [-0.15, -0.1) is 11.6 Å². The number of carbonyl (C=O) groups is 1. The lowest BCUT2D eigenvalue weighted by Gasteiger charge is -2.07. The molecule has 118 valence electrons. The summed E-state index contributed by atoms with van der Waals surface area (Å²) < 4.78 is 33.0. The molecule has 0 radical (unpaired) electrons. The van der Waals surface area contributed by atoms with E-state index >= 15 is 0 Å². The predicted molar refractivity (Wildman–Crippen MR) is 79.1 cm³/mol. The number of ether oxygens (including phenoxy) is 1. The molecule has 1 heterocycles. The quantitative estimate of drug-likeness (QED) is 0.720. The molecule has 0 aliphatic heterocycles. The molecule has 0 saturated heterocycles. The van der Waals surface area contributed by atoms with Gasteiger partial charge in [-0.1, -0.05) is 6.07 Å². The maximum Gasteiger partial charge on any atom is 0.417 e. The number of fused-ring (bicyclic) bond motifs is 1. The molecular formula is C15H9ClF2N2O3. The summed E-state index contributed by atoms with van der Waals surface area (Å²) in [5.41, 5.74) is 0.474. The number of rotatable bonds is 3. The Morgan fingerprint density at radius 2 is 2.04 bits per heavy atom. The highest BCUT2D eigenvalue weighted by Gasteiger charge is 2.19. The normalized spacial score (nSPS) is 10.9. The zero-order valence-corrected chi connectivity index (χ0v) is 12.2. The fraction of sp³-hybridized carbons (Fsp3) is 0.0667. The van der Waals surface area contributed by atoms with E-state index in [0.29, 0.717) is 6.07 Å². The maximum atomic E-state index is 13.7. The Balaban J connectivity index is 2.13. The first kappa shape index (κ1) is 15.2. The van der Waals surface area contributed by atoms with Gasteiger partial charge in [-0.3, -0.25) is 0 Å². The van der Waals surface area contributed by atoms with Crippen LogP contribution in [0.5, 0.6) is 11.5 Å². The van der Waals surface area contributed by atoms with E-state index in [-0.39, 0.29) is 34.2 Å². The lowest BCUT2D eigenvalue weighted by molar-refractivity contribution is 0.196. The minimum absolute atomic E-state index is 0.116. The average molecular weight is 339 g/mol. The zero-order valence-electron chi connectivity index (χ0n) is 11.5. The zero-order chi connectivity index (χ0) is 16.6. The summed E-state index contributed by atoms with van der Waals surface area (Å²) in [6, 6.07) is 7.45. The van der Waals surface area contributed by atoms with Crippen LogP contribution in [0.3, 0.4) is 0 Å². The first-order chi connectivity index (χ1) is 11.0. The Morgan fingerprint density at radius 3 is 2.70 bits per heavy atom. The standard InChI is InChI=1S/C15H9ClF2N2O3/c16-7-13-19-14-10(20(13)15(21)22)2-1-3-12(14)23-11-5-4-8(17)6-9(11)18/h1-6H,7H2,(H,21,22). The van der Waals surface area contributed by atoms with Gasteiger partial charge in [0, 0.05) is 6.07 Å². The largest absolute Gasteiger partial charge is 0.464 e. The van der Waals surface area contributed by atoms with Crippen LogP contribution in [0.25, 0.3) is 11.0 Å². The third-order valence-electron chi connectivity index (χ3n) is 3.14. The minimum Gasteiger partial charge on any atom is -0.464 e. The smallest absolute Gasteiger partial charge is 0.417 e. The Morgan fingerprint density at radius 1 is 1.26 bits per heavy atom. The van der Waals surface area contributed by atoms with Gasteiger partial charge in [-0.25, -0.2) is 23.1 Å². The van der Waals surface area contributed by atoms with E-state index in [4.69, 9.17) is 16.3 Å². The van der Waals surface area contributed by atoms with Gasteiger partial charge in [0.25, 0.3) is 0 Å². The minimum atomic E-state index is -1.24. The van der Waals surface area contributed by atoms with E-state index in [1.165, 1.54) is 18.2 Å². The second kappa shape index (κ2) is 5.85. The Hall–Kier alpha value is -2.67. The van der Waals surface area contributed by atoms with Gasteiger partial charge in [0.05, 0.1) is 11.4 Å². The van der Waals surface area contributed by atoms with Gasteiger partial charge in [-0.05, 0) is 24.3 Å². The first-order valence-corrected chi connectivity index (χ1v) is 6.97. The summed E-state index contributed by atoms with van der Waals surface area (Å²) in [5.74, 6) is -1.67. The number of imidazole rings is 1. The summed E-state index contributed by atoms with van der Waals surface area (Å²) in [5, 5.41) is 9.26. The van der Waals surface area contributed by atoms with Crippen LogP contribution in [0, 0.1) is 11.6 Å². The van der Waals surface area contributed by atoms with E-state index < -0.39 is 17.7 Å². The van der Waals surface area contributed by atoms with Crippen molar-refractivity contribution in [3.05, 3.63) is 53.9 Å². The SMILES string of the molecule is O=C(O)n1c(CCl)nc2c(Oc3ccc(F)cc3F)cccc21. The molecule has 0 unspecified atom stereocenters. The monoisotopic (exact) mass is 338 g/mol. The Kier molecular flexibility index (Phi) is 3.87. The van der Waals surface area contributed by atoms with E-state index in [1.807, 2.05) is 0 Å². The van der Waals surface area contributed by atoms with E-state index in [1.54, 1.807) is 0 Å². The van der Waals surface area contributed by atoms with Crippen molar-refractivity contribution in [3.8, 4) is 11.5 Å². The number of nitrogens with zero attached hydrogens (tertiary/aromatic N) is 2. The molecule has 3 rings (SSSR count). The van der Waals surface area contributed by atoms with Crippen molar-refractivity contribution in [3.63, 3.8) is 0 Å². The highest BCUT2D eigenvalue weighted by Crippen LogP contribution is 2.31. The van der Waals surface area contributed by atoms with Gasteiger partial charge >= 0.3 is 6.09 Å². The van der Waals surface area contributed by atoms with Crippen LogP contribution in [-0.4, -0.2) is 20.8 Å². The molecule has 0 aliphatic rings. The third kappa shape index (κ3) is 2.70. The number of halogens is 3. The molecular weight excluding hydrogens is 330 g/mol. The molecule has 5 nitrogen and oxygen atoms in total.